The number of nitro groups is 1. The van der Waals surface area contributed by atoms with E-state index in [4.69, 9.17) is 10.00 Å². The maximum Gasteiger partial charge on any atom is 0.411 e. The highest BCUT2D eigenvalue weighted by Crippen LogP contribution is 2.30. The average Bonchev–Trinajstić information content (AvgIpc) is 2.58. The van der Waals surface area contributed by atoms with Crippen molar-refractivity contribution in [1.29, 1.82) is 5.26 Å². The van der Waals surface area contributed by atoms with Crippen LogP contribution in [-0.4, -0.2) is 30.1 Å². The Hall–Kier alpha value is -2.99. The maximum absolute atomic E-state index is 12.8. The van der Waals surface area contributed by atoms with Crippen molar-refractivity contribution in [3.63, 3.8) is 0 Å². The topological polar surface area (TPSA) is 93.2 Å². The predicted molar refractivity (Wildman–Crippen MR) is 85.3 cm³/mol. The lowest BCUT2D eigenvalue weighted by Crippen LogP contribution is -2.38. The third-order valence-corrected chi connectivity index (χ3v) is 3.91. The van der Waals surface area contributed by atoms with Crippen LogP contribution >= 0.6 is 0 Å². The number of nitrogens with zero attached hydrogens (tertiary/aromatic N) is 2. The van der Waals surface area contributed by atoms with Gasteiger partial charge >= 0.3 is 6.18 Å². The largest absolute Gasteiger partial charge is 0.411 e. The molecule has 0 aliphatic carbocycles. The highest BCUT2D eigenvalue weighted by molar-refractivity contribution is 5.91. The summed E-state index contributed by atoms with van der Waals surface area (Å²) in [6, 6.07) is 9.80. The van der Waals surface area contributed by atoms with Crippen LogP contribution in [0.15, 0.2) is 36.4 Å². The van der Waals surface area contributed by atoms with Crippen molar-refractivity contribution in [2.75, 3.05) is 7.11 Å². The lowest BCUT2D eigenvalue weighted by atomic mass is 9.93. The second-order valence-corrected chi connectivity index (χ2v) is 5.51. The summed E-state index contributed by atoms with van der Waals surface area (Å²) < 4.78 is 43.3. The van der Waals surface area contributed by atoms with Gasteiger partial charge in [-0.25, -0.2) is 0 Å². The molecule has 0 bridgehead atoms. The van der Waals surface area contributed by atoms with E-state index >= 15 is 0 Å². The third kappa shape index (κ3) is 3.97. The average molecular weight is 366 g/mol. The van der Waals surface area contributed by atoms with Gasteiger partial charge in [0.1, 0.15) is 6.10 Å². The van der Waals surface area contributed by atoms with Crippen LogP contribution < -0.4 is 0 Å². The fourth-order valence-corrected chi connectivity index (χ4v) is 2.61. The highest BCUT2D eigenvalue weighted by Gasteiger charge is 2.47. The molecule has 9 heteroatoms. The molecule has 6 nitrogen and oxygen atoms in total. The standard InChI is InChI=1S/C17H13F3N2O4/c1-26-15(16(23)14(9-21)17(18,19)20)8-11-4-2-3-10-7-12(22(24)25)5-6-13(10)11/h2-7,14-15H,8H2,1H3. The first-order valence-corrected chi connectivity index (χ1v) is 7.38. The Morgan fingerprint density at radius 1 is 1.35 bits per heavy atom. The molecule has 0 spiro atoms. The Labute approximate surface area is 145 Å². The summed E-state index contributed by atoms with van der Waals surface area (Å²) >= 11 is 0. The van der Waals surface area contributed by atoms with Crippen LogP contribution in [0.4, 0.5) is 18.9 Å². The molecule has 0 radical (unpaired) electrons. The summed E-state index contributed by atoms with van der Waals surface area (Å²) in [6.45, 7) is 0. The number of carbonyl (C=O) groups excluding carboxylic acids is 1. The van der Waals surface area contributed by atoms with E-state index < -0.39 is 28.9 Å². The fourth-order valence-electron chi connectivity index (χ4n) is 2.61. The van der Waals surface area contributed by atoms with Gasteiger partial charge in [-0.1, -0.05) is 18.2 Å². The number of hydrogen-bond donors (Lipinski definition) is 0. The number of Topliss-reactive ketones (excluding diaryl/α,β-unsaturated/α-hetero) is 1. The van der Waals surface area contributed by atoms with Gasteiger partial charge in [-0.3, -0.25) is 14.9 Å². The van der Waals surface area contributed by atoms with Crippen molar-refractivity contribution in [3.05, 3.63) is 52.1 Å². The molecule has 2 atom stereocenters. The predicted octanol–water partition coefficient (Wildman–Crippen LogP) is 3.58. The molecule has 0 heterocycles. The van der Waals surface area contributed by atoms with Crippen LogP contribution in [0.3, 0.4) is 0 Å². The van der Waals surface area contributed by atoms with Crippen LogP contribution in [0.25, 0.3) is 10.8 Å². The Morgan fingerprint density at radius 2 is 2.04 bits per heavy atom. The van der Waals surface area contributed by atoms with Crippen molar-refractivity contribution in [1.82, 2.24) is 0 Å². The zero-order chi connectivity index (χ0) is 19.5. The van der Waals surface area contributed by atoms with Crippen LogP contribution in [-0.2, 0) is 16.0 Å². The monoisotopic (exact) mass is 366 g/mol. The summed E-state index contributed by atoms with van der Waals surface area (Å²) in [5.74, 6) is -4.15. The molecule has 26 heavy (non-hydrogen) atoms. The van der Waals surface area contributed by atoms with Gasteiger partial charge in [0.15, 0.2) is 5.78 Å². The van der Waals surface area contributed by atoms with Gasteiger partial charge in [-0.05, 0) is 22.4 Å². The number of methoxy groups -OCH3 is 1. The summed E-state index contributed by atoms with van der Waals surface area (Å²) in [5.41, 5.74) is 0.354. The number of ketones is 1. The molecule has 0 fully saturated rings. The van der Waals surface area contributed by atoms with Crippen LogP contribution in [0.2, 0.25) is 0 Å². The van der Waals surface area contributed by atoms with E-state index in [-0.39, 0.29) is 12.1 Å². The number of alkyl halides is 3. The Kier molecular flexibility index (Phi) is 5.57. The minimum Gasteiger partial charge on any atom is -0.373 e. The Balaban J connectivity index is 2.38. The molecular formula is C17H13F3N2O4. The molecule has 0 saturated heterocycles. The lowest BCUT2D eigenvalue weighted by Gasteiger charge is -2.19. The number of hydrogen-bond acceptors (Lipinski definition) is 5. The number of rotatable bonds is 6. The molecule has 2 aromatic carbocycles. The van der Waals surface area contributed by atoms with Crippen molar-refractivity contribution in [2.45, 2.75) is 18.7 Å². The summed E-state index contributed by atoms with van der Waals surface area (Å²) in [7, 11) is 1.09. The van der Waals surface area contributed by atoms with E-state index in [9.17, 15) is 28.1 Å². The molecule has 2 aromatic rings. The smallest absolute Gasteiger partial charge is 0.373 e. The van der Waals surface area contributed by atoms with Crippen molar-refractivity contribution >= 4 is 22.2 Å². The quantitative estimate of drug-likeness (QED) is 0.575. The van der Waals surface area contributed by atoms with Gasteiger partial charge in [0.05, 0.1) is 11.0 Å². The van der Waals surface area contributed by atoms with Crippen LogP contribution in [0.5, 0.6) is 0 Å². The number of fused-ring (bicyclic) bond motifs is 1. The highest BCUT2D eigenvalue weighted by atomic mass is 19.4. The van der Waals surface area contributed by atoms with Gasteiger partial charge in [-0.15, -0.1) is 0 Å². The van der Waals surface area contributed by atoms with Gasteiger partial charge < -0.3 is 4.74 Å². The van der Waals surface area contributed by atoms with Gasteiger partial charge in [-0.2, -0.15) is 18.4 Å². The number of halogens is 3. The van der Waals surface area contributed by atoms with Crippen molar-refractivity contribution in [3.8, 4) is 6.07 Å². The minimum atomic E-state index is -4.98. The van der Waals surface area contributed by atoms with Gasteiger partial charge in [0.2, 0.25) is 5.92 Å². The first-order chi connectivity index (χ1) is 12.2. The van der Waals surface area contributed by atoms with Crippen molar-refractivity contribution < 1.29 is 27.6 Å². The molecule has 0 aromatic heterocycles. The molecule has 2 rings (SSSR count). The number of carbonyl (C=O) groups is 1. The third-order valence-electron chi connectivity index (χ3n) is 3.91. The van der Waals surface area contributed by atoms with E-state index in [2.05, 4.69) is 0 Å². The van der Waals surface area contributed by atoms with E-state index in [1.165, 1.54) is 18.2 Å². The van der Waals surface area contributed by atoms with E-state index in [0.29, 0.717) is 16.3 Å². The zero-order valence-electron chi connectivity index (χ0n) is 13.5. The minimum absolute atomic E-state index is 0.129. The van der Waals surface area contributed by atoms with Crippen molar-refractivity contribution in [2.24, 2.45) is 5.92 Å². The second-order valence-electron chi connectivity index (χ2n) is 5.51. The molecule has 136 valence electrons. The number of nitriles is 1. The molecule has 0 aliphatic rings. The molecule has 0 N–H and O–H groups in total. The molecule has 0 saturated carbocycles. The second kappa shape index (κ2) is 7.49. The first kappa shape index (κ1) is 19.3. The summed E-state index contributed by atoms with van der Waals surface area (Å²) in [4.78, 5) is 22.4. The lowest BCUT2D eigenvalue weighted by molar-refractivity contribution is -0.384. The number of benzene rings is 2. The maximum atomic E-state index is 12.8. The Bertz CT molecular complexity index is 890. The van der Waals surface area contributed by atoms with E-state index in [1.54, 1.807) is 18.2 Å². The summed E-state index contributed by atoms with van der Waals surface area (Å²) in [6.07, 6.45) is -6.65. The van der Waals surface area contributed by atoms with Crippen LogP contribution in [0.1, 0.15) is 5.56 Å². The molecular weight excluding hydrogens is 353 g/mol. The molecule has 0 amide bonds. The Morgan fingerprint density at radius 3 is 2.58 bits per heavy atom. The number of nitro benzene ring substituents is 1. The van der Waals surface area contributed by atoms with Gasteiger partial charge in [0.25, 0.3) is 5.69 Å². The zero-order valence-corrected chi connectivity index (χ0v) is 13.5. The summed E-state index contributed by atoms with van der Waals surface area (Å²) in [5, 5.41) is 20.6. The first-order valence-electron chi connectivity index (χ1n) is 7.38. The van der Waals surface area contributed by atoms with E-state index in [0.717, 1.165) is 13.2 Å². The van der Waals surface area contributed by atoms with E-state index in [1.807, 2.05) is 0 Å². The van der Waals surface area contributed by atoms with Gasteiger partial charge in [0, 0.05) is 25.7 Å². The normalized spacial score (nSPS) is 13.8. The fraction of sp³-hybridized carbons (Fsp3) is 0.294. The molecule has 0 aliphatic heterocycles. The van der Waals surface area contributed by atoms with Crippen LogP contribution in [0, 0.1) is 27.4 Å². The number of non-ortho nitro benzene ring substituents is 1. The molecule has 2 unspecified atom stereocenters. The number of ether oxygens (including phenoxy) is 1. The SMILES string of the molecule is COC(Cc1cccc2cc([N+](=O)[O-])ccc12)C(=O)C(C#N)C(F)(F)F.